The highest BCUT2D eigenvalue weighted by Crippen LogP contribution is 2.30. The summed E-state index contributed by atoms with van der Waals surface area (Å²) in [4.78, 5) is 24.8. The van der Waals surface area contributed by atoms with Crippen LogP contribution < -0.4 is 5.32 Å². The summed E-state index contributed by atoms with van der Waals surface area (Å²) in [5.41, 5.74) is 0. The van der Waals surface area contributed by atoms with Gasteiger partial charge in [-0.3, -0.25) is 4.90 Å². The second-order valence-electron chi connectivity index (χ2n) is 6.34. The molecule has 2 amide bonds. The molecule has 120 valence electrons. The number of hydrogen-bond donors (Lipinski definition) is 2. The van der Waals surface area contributed by atoms with Crippen molar-refractivity contribution in [1.29, 1.82) is 0 Å². The van der Waals surface area contributed by atoms with Crippen molar-refractivity contribution in [3.8, 4) is 0 Å². The molecule has 1 heterocycles. The van der Waals surface area contributed by atoms with Gasteiger partial charge in [-0.2, -0.15) is 0 Å². The fourth-order valence-corrected chi connectivity index (χ4v) is 4.40. The van der Waals surface area contributed by atoms with Gasteiger partial charge in [0.25, 0.3) is 0 Å². The van der Waals surface area contributed by atoms with Crippen molar-refractivity contribution in [1.82, 2.24) is 10.2 Å². The first-order valence-electron chi connectivity index (χ1n) is 7.89. The minimum absolute atomic E-state index is 0.0679. The molecular formula is C15H26N2O3S. The van der Waals surface area contributed by atoms with Gasteiger partial charge in [-0.25, -0.2) is 9.59 Å². The topological polar surface area (TPSA) is 69.6 Å². The first kappa shape index (κ1) is 16.5. The van der Waals surface area contributed by atoms with Gasteiger partial charge in [0, 0.05) is 12.3 Å². The Bertz CT molecular complexity index is 383. The number of carbonyl (C=O) groups is 2. The second kappa shape index (κ2) is 7.38. The van der Waals surface area contributed by atoms with E-state index in [4.69, 9.17) is 5.11 Å². The summed E-state index contributed by atoms with van der Waals surface area (Å²) >= 11 is 1.52. The summed E-state index contributed by atoms with van der Waals surface area (Å²) in [6.07, 6.45) is 6.10. The van der Waals surface area contributed by atoms with Crippen molar-refractivity contribution < 1.29 is 14.7 Å². The molecule has 1 aliphatic heterocycles. The van der Waals surface area contributed by atoms with Crippen molar-refractivity contribution in [2.75, 3.05) is 12.3 Å². The van der Waals surface area contributed by atoms with E-state index in [2.05, 4.69) is 12.2 Å². The lowest BCUT2D eigenvalue weighted by Gasteiger charge is -2.28. The SMILES string of the molecule is CC1CCC(CCNC(=O)N2C(C)SCC2C(=O)O)CC1. The number of hydrogen-bond acceptors (Lipinski definition) is 3. The average molecular weight is 314 g/mol. The maximum atomic E-state index is 12.2. The van der Waals surface area contributed by atoms with E-state index in [1.807, 2.05) is 6.92 Å². The van der Waals surface area contributed by atoms with E-state index in [1.165, 1.54) is 42.3 Å². The zero-order chi connectivity index (χ0) is 15.4. The molecule has 2 fully saturated rings. The van der Waals surface area contributed by atoms with E-state index < -0.39 is 12.0 Å². The second-order valence-corrected chi connectivity index (χ2v) is 7.69. The average Bonchev–Trinajstić information content (AvgIpc) is 2.83. The van der Waals surface area contributed by atoms with Crippen molar-refractivity contribution in [3.05, 3.63) is 0 Å². The molecule has 6 heteroatoms. The predicted octanol–water partition coefficient (Wildman–Crippen LogP) is 2.76. The maximum absolute atomic E-state index is 12.2. The standard InChI is InChI=1S/C15H26N2O3S/c1-10-3-5-12(6-4-10)7-8-16-15(20)17-11(2)21-9-13(17)14(18)19/h10-13H,3-9H2,1-2H3,(H,16,20)(H,18,19). The number of urea groups is 1. The summed E-state index contributed by atoms with van der Waals surface area (Å²) in [5, 5.41) is 12.0. The normalized spacial score (nSPS) is 33.0. The number of rotatable bonds is 4. The summed E-state index contributed by atoms with van der Waals surface area (Å²) in [6, 6.07) is -0.926. The molecule has 1 aliphatic carbocycles. The number of aliphatic carboxylic acids is 1. The Labute approximate surface area is 130 Å². The third kappa shape index (κ3) is 4.28. The quantitative estimate of drug-likeness (QED) is 0.837. The predicted molar refractivity (Wildman–Crippen MR) is 84.3 cm³/mol. The monoisotopic (exact) mass is 314 g/mol. The fourth-order valence-electron chi connectivity index (χ4n) is 3.23. The van der Waals surface area contributed by atoms with E-state index >= 15 is 0 Å². The maximum Gasteiger partial charge on any atom is 0.327 e. The summed E-state index contributed by atoms with van der Waals surface area (Å²) in [6.45, 7) is 4.84. The first-order chi connectivity index (χ1) is 9.99. The highest BCUT2D eigenvalue weighted by atomic mass is 32.2. The molecule has 1 saturated carbocycles. The van der Waals surface area contributed by atoms with E-state index in [9.17, 15) is 9.59 Å². The minimum Gasteiger partial charge on any atom is -0.480 e. The van der Waals surface area contributed by atoms with Gasteiger partial charge < -0.3 is 10.4 Å². The van der Waals surface area contributed by atoms with Crippen LogP contribution in [0.15, 0.2) is 0 Å². The van der Waals surface area contributed by atoms with Crippen molar-refractivity contribution >= 4 is 23.8 Å². The van der Waals surface area contributed by atoms with Crippen molar-refractivity contribution in [2.45, 2.75) is 57.4 Å². The van der Waals surface area contributed by atoms with E-state index in [0.717, 1.165) is 12.3 Å². The number of carboxylic acids is 1. The van der Waals surface area contributed by atoms with Gasteiger partial charge in [0.1, 0.15) is 6.04 Å². The molecule has 1 saturated heterocycles. The zero-order valence-corrected chi connectivity index (χ0v) is 13.7. The molecule has 2 rings (SSSR count). The van der Waals surface area contributed by atoms with Gasteiger partial charge in [-0.05, 0) is 25.2 Å². The van der Waals surface area contributed by atoms with Crippen LogP contribution >= 0.6 is 11.8 Å². The fraction of sp³-hybridized carbons (Fsp3) is 0.867. The number of carboxylic acid groups (broad SMARTS) is 1. The molecule has 0 radical (unpaired) electrons. The van der Waals surface area contributed by atoms with Crippen LogP contribution in [0.5, 0.6) is 0 Å². The Morgan fingerprint density at radius 3 is 2.52 bits per heavy atom. The van der Waals surface area contributed by atoms with Crippen LogP contribution in [0.2, 0.25) is 0 Å². The molecule has 0 aromatic rings. The largest absolute Gasteiger partial charge is 0.480 e. The summed E-state index contributed by atoms with van der Waals surface area (Å²) in [5.74, 6) is 1.12. The molecule has 0 bridgehead atoms. The number of thioether (sulfide) groups is 1. The lowest BCUT2D eigenvalue weighted by molar-refractivity contribution is -0.141. The van der Waals surface area contributed by atoms with Gasteiger partial charge >= 0.3 is 12.0 Å². The van der Waals surface area contributed by atoms with E-state index in [0.29, 0.717) is 18.2 Å². The van der Waals surface area contributed by atoms with E-state index in [1.54, 1.807) is 0 Å². The third-order valence-electron chi connectivity index (χ3n) is 4.71. The Morgan fingerprint density at radius 1 is 1.24 bits per heavy atom. The Balaban J connectivity index is 1.75. The Kier molecular flexibility index (Phi) is 5.79. The number of nitrogens with zero attached hydrogens (tertiary/aromatic N) is 1. The molecule has 0 aromatic carbocycles. The van der Waals surface area contributed by atoms with Crippen LogP contribution in [0.25, 0.3) is 0 Å². The Hall–Kier alpha value is -0.910. The molecule has 2 N–H and O–H groups in total. The lowest BCUT2D eigenvalue weighted by atomic mass is 9.81. The highest BCUT2D eigenvalue weighted by Gasteiger charge is 2.39. The van der Waals surface area contributed by atoms with Crippen LogP contribution in [-0.2, 0) is 4.79 Å². The van der Waals surface area contributed by atoms with E-state index in [-0.39, 0.29) is 11.4 Å². The van der Waals surface area contributed by atoms with Gasteiger partial charge in [0.15, 0.2) is 0 Å². The molecule has 0 aromatic heterocycles. The highest BCUT2D eigenvalue weighted by molar-refractivity contribution is 8.00. The molecule has 5 nitrogen and oxygen atoms in total. The number of carbonyl (C=O) groups excluding carboxylic acids is 1. The third-order valence-corrected chi connectivity index (χ3v) is 5.92. The molecule has 2 unspecified atom stereocenters. The van der Waals surface area contributed by atoms with Crippen LogP contribution in [0.3, 0.4) is 0 Å². The summed E-state index contributed by atoms with van der Waals surface area (Å²) in [7, 11) is 0. The molecule has 2 aliphatic rings. The first-order valence-corrected chi connectivity index (χ1v) is 8.94. The van der Waals surface area contributed by atoms with Gasteiger partial charge in [-0.1, -0.05) is 32.6 Å². The van der Waals surface area contributed by atoms with Gasteiger partial charge in [-0.15, -0.1) is 11.8 Å². The molecule has 21 heavy (non-hydrogen) atoms. The van der Waals surface area contributed by atoms with Gasteiger partial charge in [0.05, 0.1) is 5.37 Å². The smallest absolute Gasteiger partial charge is 0.327 e. The molecular weight excluding hydrogens is 288 g/mol. The summed E-state index contributed by atoms with van der Waals surface area (Å²) < 4.78 is 0. The van der Waals surface area contributed by atoms with Crippen molar-refractivity contribution in [2.24, 2.45) is 11.8 Å². The minimum atomic E-state index is -0.914. The Morgan fingerprint density at radius 2 is 1.90 bits per heavy atom. The van der Waals surface area contributed by atoms with Crippen LogP contribution in [0, 0.1) is 11.8 Å². The molecule has 0 spiro atoms. The van der Waals surface area contributed by atoms with Gasteiger partial charge in [0.2, 0.25) is 0 Å². The van der Waals surface area contributed by atoms with Crippen LogP contribution in [-0.4, -0.2) is 45.7 Å². The molecule has 2 atom stereocenters. The number of nitrogens with one attached hydrogen (secondary N) is 1. The number of amides is 2. The lowest BCUT2D eigenvalue weighted by Crippen LogP contribution is -2.49. The zero-order valence-electron chi connectivity index (χ0n) is 12.9. The van der Waals surface area contributed by atoms with Crippen LogP contribution in [0.4, 0.5) is 4.79 Å². The van der Waals surface area contributed by atoms with Crippen LogP contribution in [0.1, 0.15) is 46.0 Å². The van der Waals surface area contributed by atoms with Crippen molar-refractivity contribution in [3.63, 3.8) is 0 Å².